The second-order valence-corrected chi connectivity index (χ2v) is 7.39. The van der Waals surface area contributed by atoms with Crippen LogP contribution in [0.15, 0.2) is 12.2 Å². The second-order valence-electron chi connectivity index (χ2n) is 7.39. The highest BCUT2D eigenvalue weighted by Gasteiger charge is 2.35. The minimum atomic E-state index is -0.740. The van der Waals surface area contributed by atoms with E-state index >= 15 is 0 Å². The molecular weight excluding hydrogens is 258 g/mol. The summed E-state index contributed by atoms with van der Waals surface area (Å²) >= 11 is 0. The van der Waals surface area contributed by atoms with Crippen LogP contribution in [0, 0.1) is 5.41 Å². The number of carbonyl (C=O) groups excluding carboxylic acids is 1. The zero-order valence-electron chi connectivity index (χ0n) is 13.3. The van der Waals surface area contributed by atoms with Crippen LogP contribution in [0.25, 0.3) is 0 Å². The predicted octanol–water partition coefficient (Wildman–Crippen LogP) is 3.37. The van der Waals surface area contributed by atoms with E-state index in [9.17, 15) is 10.0 Å². The van der Waals surface area contributed by atoms with Gasteiger partial charge in [0.15, 0.2) is 0 Å². The molecule has 0 spiro atoms. The van der Waals surface area contributed by atoms with Gasteiger partial charge in [-0.25, -0.2) is 4.79 Å². The van der Waals surface area contributed by atoms with Crippen molar-refractivity contribution in [3.63, 3.8) is 0 Å². The van der Waals surface area contributed by atoms with Crippen molar-refractivity contribution in [3.05, 3.63) is 12.2 Å². The van der Waals surface area contributed by atoms with Crippen molar-refractivity contribution >= 4 is 6.09 Å². The molecule has 0 saturated heterocycles. The molecule has 116 valence electrons. The summed E-state index contributed by atoms with van der Waals surface area (Å²) in [5.74, 6) is 0. The Balaban J connectivity index is 2.59. The van der Waals surface area contributed by atoms with E-state index in [2.05, 4.69) is 20.8 Å². The Morgan fingerprint density at radius 1 is 1.30 bits per heavy atom. The summed E-state index contributed by atoms with van der Waals surface area (Å²) in [4.78, 5) is 11.9. The highest BCUT2D eigenvalue weighted by atomic mass is 16.6. The minimum Gasteiger partial charge on any atom is -0.442 e. The molecule has 0 radical (unpaired) electrons. The van der Waals surface area contributed by atoms with E-state index in [1.165, 1.54) is 0 Å². The topological polar surface area (TPSA) is 59.0 Å². The Bertz CT molecular complexity index is 365. The summed E-state index contributed by atoms with van der Waals surface area (Å²) < 4.78 is 10.9. The molecule has 0 aromatic carbocycles. The van der Waals surface area contributed by atoms with Gasteiger partial charge in [-0.05, 0) is 32.6 Å². The largest absolute Gasteiger partial charge is 0.442 e. The number of amides is 1. The van der Waals surface area contributed by atoms with Crippen molar-refractivity contribution in [1.82, 2.24) is 5.06 Å². The average Bonchev–Trinajstić information content (AvgIpc) is 2.69. The highest BCUT2D eigenvalue weighted by Crippen LogP contribution is 2.24. The smallest absolute Gasteiger partial charge is 0.434 e. The summed E-state index contributed by atoms with van der Waals surface area (Å²) in [7, 11) is 0. The summed E-state index contributed by atoms with van der Waals surface area (Å²) in [6, 6.07) is -0.424. The van der Waals surface area contributed by atoms with Crippen molar-refractivity contribution in [2.75, 3.05) is 6.61 Å². The van der Waals surface area contributed by atoms with E-state index in [4.69, 9.17) is 9.47 Å². The lowest BCUT2D eigenvalue weighted by molar-refractivity contribution is -0.144. The van der Waals surface area contributed by atoms with E-state index in [0.717, 1.165) is 0 Å². The Hall–Kier alpha value is -1.07. The Labute approximate surface area is 121 Å². The molecule has 0 fully saturated rings. The number of rotatable bonds is 3. The zero-order chi connectivity index (χ0) is 15.6. The monoisotopic (exact) mass is 285 g/mol. The van der Waals surface area contributed by atoms with Crippen LogP contribution in [0.1, 0.15) is 48.0 Å². The second kappa shape index (κ2) is 6.14. The molecule has 1 amide bonds. The Kier molecular flexibility index (Phi) is 5.21. The van der Waals surface area contributed by atoms with E-state index in [1.54, 1.807) is 20.8 Å². The van der Waals surface area contributed by atoms with E-state index in [1.807, 2.05) is 12.2 Å². The van der Waals surface area contributed by atoms with Crippen LogP contribution in [0.4, 0.5) is 4.79 Å². The zero-order valence-corrected chi connectivity index (χ0v) is 13.3. The number of nitrogens with zero attached hydrogens (tertiary/aromatic N) is 1. The van der Waals surface area contributed by atoms with Crippen molar-refractivity contribution in [2.45, 2.75) is 65.7 Å². The summed E-state index contributed by atoms with van der Waals surface area (Å²) in [5.41, 5.74) is -0.598. The van der Waals surface area contributed by atoms with Gasteiger partial charge in [-0.3, -0.25) is 5.21 Å². The van der Waals surface area contributed by atoms with Gasteiger partial charge in [0.25, 0.3) is 0 Å². The molecule has 0 unspecified atom stereocenters. The van der Waals surface area contributed by atoms with E-state index in [0.29, 0.717) is 18.1 Å². The fourth-order valence-corrected chi connectivity index (χ4v) is 1.81. The van der Waals surface area contributed by atoms with Crippen LogP contribution >= 0.6 is 0 Å². The molecule has 2 atom stereocenters. The summed E-state index contributed by atoms with van der Waals surface area (Å²) in [6.07, 6.45) is 3.31. The van der Waals surface area contributed by atoms with Gasteiger partial charge in [0.2, 0.25) is 0 Å². The number of ether oxygens (including phenoxy) is 2. The third-order valence-corrected chi connectivity index (χ3v) is 2.69. The lowest BCUT2D eigenvalue weighted by Crippen LogP contribution is -2.46. The molecule has 5 heteroatoms. The van der Waals surface area contributed by atoms with Gasteiger partial charge in [0.05, 0.1) is 18.8 Å². The lowest BCUT2D eigenvalue weighted by atomic mass is 9.98. The van der Waals surface area contributed by atoms with Crippen LogP contribution in [0.2, 0.25) is 0 Å². The normalized spacial score (nSPS) is 22.9. The third kappa shape index (κ3) is 5.51. The van der Waals surface area contributed by atoms with Crippen molar-refractivity contribution in [2.24, 2.45) is 5.41 Å². The fourth-order valence-electron chi connectivity index (χ4n) is 1.81. The maximum Gasteiger partial charge on any atom is 0.434 e. The number of carbonyl (C=O) groups is 1. The first-order valence-corrected chi connectivity index (χ1v) is 6.99. The first-order chi connectivity index (χ1) is 8.99. The first kappa shape index (κ1) is 17.0. The molecule has 1 aliphatic carbocycles. The van der Waals surface area contributed by atoms with Crippen molar-refractivity contribution in [3.8, 4) is 0 Å². The lowest BCUT2D eigenvalue weighted by Gasteiger charge is -2.31. The number of hydrogen-bond acceptors (Lipinski definition) is 4. The third-order valence-electron chi connectivity index (χ3n) is 2.69. The Morgan fingerprint density at radius 2 is 1.90 bits per heavy atom. The van der Waals surface area contributed by atoms with Crippen molar-refractivity contribution < 1.29 is 19.5 Å². The van der Waals surface area contributed by atoms with Crippen LogP contribution in [0.3, 0.4) is 0 Å². The van der Waals surface area contributed by atoms with Crippen LogP contribution in [0.5, 0.6) is 0 Å². The van der Waals surface area contributed by atoms with Gasteiger partial charge in [0.1, 0.15) is 5.60 Å². The molecule has 20 heavy (non-hydrogen) atoms. The van der Waals surface area contributed by atoms with Crippen molar-refractivity contribution in [1.29, 1.82) is 0 Å². The standard InChI is InChI=1S/C15H27NO4/c1-14(2,3)10-19-12-9-7-8-11(12)16(18)13(17)20-15(4,5)6/h7,9,11-12,18H,8,10H2,1-6H3/t11-,12+/m0/s1. The number of hydroxylamine groups is 2. The Morgan fingerprint density at radius 3 is 2.40 bits per heavy atom. The SMILES string of the molecule is CC(C)(C)CO[C@@H]1C=CC[C@@H]1N(O)C(=O)OC(C)(C)C. The molecule has 0 aromatic rings. The minimum absolute atomic E-state index is 0.0349. The predicted molar refractivity (Wildman–Crippen MR) is 76.6 cm³/mol. The van der Waals surface area contributed by atoms with Gasteiger partial charge in [-0.2, -0.15) is 5.06 Å². The molecule has 1 rings (SSSR count). The first-order valence-electron chi connectivity index (χ1n) is 6.99. The maximum atomic E-state index is 11.9. The van der Waals surface area contributed by atoms with Gasteiger partial charge >= 0.3 is 6.09 Å². The molecule has 5 nitrogen and oxygen atoms in total. The molecule has 0 heterocycles. The van der Waals surface area contributed by atoms with Crippen LogP contribution in [-0.2, 0) is 9.47 Å². The number of hydrogen-bond donors (Lipinski definition) is 1. The fraction of sp³-hybridized carbons (Fsp3) is 0.800. The molecule has 1 aliphatic rings. The van der Waals surface area contributed by atoms with Gasteiger partial charge in [-0.1, -0.05) is 32.9 Å². The van der Waals surface area contributed by atoms with Gasteiger partial charge in [-0.15, -0.1) is 0 Å². The van der Waals surface area contributed by atoms with E-state index in [-0.39, 0.29) is 11.5 Å². The highest BCUT2D eigenvalue weighted by molar-refractivity contribution is 5.67. The van der Waals surface area contributed by atoms with Gasteiger partial charge < -0.3 is 9.47 Å². The average molecular weight is 285 g/mol. The van der Waals surface area contributed by atoms with E-state index < -0.39 is 17.7 Å². The quantitative estimate of drug-likeness (QED) is 0.490. The van der Waals surface area contributed by atoms with Crippen LogP contribution in [-0.4, -0.2) is 40.7 Å². The maximum absolute atomic E-state index is 11.9. The molecule has 0 bridgehead atoms. The molecule has 0 aromatic heterocycles. The molecular formula is C15H27NO4. The summed E-state index contributed by atoms with van der Waals surface area (Å²) in [6.45, 7) is 12.1. The summed E-state index contributed by atoms with van der Waals surface area (Å²) in [5, 5.41) is 10.7. The molecule has 0 saturated carbocycles. The van der Waals surface area contributed by atoms with Gasteiger partial charge in [0, 0.05) is 0 Å². The molecule has 0 aliphatic heterocycles. The van der Waals surface area contributed by atoms with Crippen LogP contribution < -0.4 is 0 Å². The molecule has 1 N–H and O–H groups in total.